The van der Waals surface area contributed by atoms with E-state index in [0.29, 0.717) is 22.1 Å². The van der Waals surface area contributed by atoms with E-state index >= 15 is 0 Å². The van der Waals surface area contributed by atoms with E-state index in [4.69, 9.17) is 11.6 Å². The normalized spacial score (nSPS) is 11.3. The van der Waals surface area contributed by atoms with Crippen LogP contribution in [0.3, 0.4) is 0 Å². The highest BCUT2D eigenvalue weighted by Crippen LogP contribution is 2.17. The molecule has 0 aliphatic rings. The Hall–Kier alpha value is -1.81. The molecule has 0 atom stereocenters. The Morgan fingerprint density at radius 2 is 2.22 bits per heavy atom. The SMILES string of the molecule is Cc1nc2cc(Cl)ccn2c1C(=O)C=CN(C)C. The minimum absolute atomic E-state index is 0.0731. The zero-order valence-corrected chi connectivity index (χ0v) is 11.3. The third-order valence-corrected chi connectivity index (χ3v) is 2.76. The van der Waals surface area contributed by atoms with E-state index in [2.05, 4.69) is 4.98 Å². The van der Waals surface area contributed by atoms with Crippen molar-refractivity contribution < 1.29 is 4.79 Å². The van der Waals surface area contributed by atoms with Crippen LogP contribution in [0.4, 0.5) is 0 Å². The first kappa shape index (κ1) is 12.6. The average Bonchev–Trinajstić information content (AvgIpc) is 2.61. The molecule has 0 bridgehead atoms. The van der Waals surface area contributed by atoms with Gasteiger partial charge in [-0.25, -0.2) is 4.98 Å². The van der Waals surface area contributed by atoms with Crippen LogP contribution in [-0.2, 0) is 0 Å². The first-order chi connectivity index (χ1) is 8.49. The van der Waals surface area contributed by atoms with Crippen molar-refractivity contribution in [2.24, 2.45) is 0 Å². The van der Waals surface area contributed by atoms with Crippen molar-refractivity contribution in [2.45, 2.75) is 6.92 Å². The van der Waals surface area contributed by atoms with Crippen LogP contribution in [-0.4, -0.2) is 34.2 Å². The minimum atomic E-state index is -0.0731. The Morgan fingerprint density at radius 1 is 1.50 bits per heavy atom. The molecule has 2 aromatic rings. The summed E-state index contributed by atoms with van der Waals surface area (Å²) in [6, 6.07) is 3.48. The predicted octanol–water partition coefficient (Wildman–Crippen LogP) is 2.55. The molecule has 0 radical (unpaired) electrons. The van der Waals surface area contributed by atoms with Gasteiger partial charge in [0.1, 0.15) is 11.3 Å². The van der Waals surface area contributed by atoms with Gasteiger partial charge in [-0.2, -0.15) is 0 Å². The van der Waals surface area contributed by atoms with Crippen molar-refractivity contribution in [2.75, 3.05) is 14.1 Å². The summed E-state index contributed by atoms with van der Waals surface area (Å²) in [5, 5.41) is 0.607. The summed E-state index contributed by atoms with van der Waals surface area (Å²) in [5.41, 5.74) is 1.95. The molecule has 94 valence electrons. The largest absolute Gasteiger partial charge is 0.383 e. The lowest BCUT2D eigenvalue weighted by Gasteiger charge is -2.03. The Bertz CT molecular complexity index is 628. The quantitative estimate of drug-likeness (QED) is 0.631. The highest BCUT2D eigenvalue weighted by molar-refractivity contribution is 6.30. The van der Waals surface area contributed by atoms with Crippen LogP contribution in [0.1, 0.15) is 16.2 Å². The molecule has 2 heterocycles. The number of fused-ring (bicyclic) bond motifs is 1. The molecule has 4 nitrogen and oxygen atoms in total. The fourth-order valence-corrected chi connectivity index (χ4v) is 1.88. The molecule has 5 heteroatoms. The molecule has 0 saturated carbocycles. The summed E-state index contributed by atoms with van der Waals surface area (Å²) in [6.07, 6.45) is 5.01. The number of hydrogen-bond acceptors (Lipinski definition) is 3. The fourth-order valence-electron chi connectivity index (χ4n) is 1.73. The number of aryl methyl sites for hydroxylation is 1. The summed E-state index contributed by atoms with van der Waals surface area (Å²) in [7, 11) is 3.73. The first-order valence-electron chi connectivity index (χ1n) is 5.52. The van der Waals surface area contributed by atoms with Gasteiger partial charge >= 0.3 is 0 Å². The second kappa shape index (κ2) is 4.82. The third kappa shape index (κ3) is 2.38. The number of allylic oxidation sites excluding steroid dienone is 1. The molecule has 0 fully saturated rings. The smallest absolute Gasteiger partial charge is 0.205 e. The number of ketones is 1. The van der Waals surface area contributed by atoms with E-state index in [9.17, 15) is 4.79 Å². The lowest BCUT2D eigenvalue weighted by Crippen LogP contribution is -2.06. The van der Waals surface area contributed by atoms with Gasteiger partial charge in [0.2, 0.25) is 5.78 Å². The number of nitrogens with zero attached hydrogens (tertiary/aromatic N) is 3. The number of aromatic nitrogens is 2. The van der Waals surface area contributed by atoms with Gasteiger partial charge in [-0.1, -0.05) is 11.6 Å². The molecule has 0 spiro atoms. The van der Waals surface area contributed by atoms with Gasteiger partial charge in [-0.15, -0.1) is 0 Å². The molecular weight excluding hydrogens is 250 g/mol. The van der Waals surface area contributed by atoms with Crippen LogP contribution in [0.25, 0.3) is 5.65 Å². The first-order valence-corrected chi connectivity index (χ1v) is 5.90. The molecule has 0 unspecified atom stereocenters. The van der Waals surface area contributed by atoms with Crippen molar-refractivity contribution in [3.63, 3.8) is 0 Å². The number of imidazole rings is 1. The van der Waals surface area contributed by atoms with Gasteiger partial charge in [0.05, 0.1) is 5.69 Å². The predicted molar refractivity (Wildman–Crippen MR) is 72.1 cm³/mol. The number of carbonyl (C=O) groups is 1. The molecule has 0 aliphatic heterocycles. The van der Waals surface area contributed by atoms with E-state index < -0.39 is 0 Å². The van der Waals surface area contributed by atoms with Crippen LogP contribution in [0, 0.1) is 6.92 Å². The van der Waals surface area contributed by atoms with Crippen molar-refractivity contribution in [3.05, 3.63) is 47.0 Å². The van der Waals surface area contributed by atoms with E-state index in [1.807, 2.05) is 25.9 Å². The van der Waals surface area contributed by atoms with Crippen molar-refractivity contribution in [1.29, 1.82) is 0 Å². The van der Waals surface area contributed by atoms with Gasteiger partial charge in [0.15, 0.2) is 0 Å². The van der Waals surface area contributed by atoms with Crippen molar-refractivity contribution in [1.82, 2.24) is 14.3 Å². The molecule has 0 N–H and O–H groups in total. The molecule has 0 amide bonds. The molecule has 0 aliphatic carbocycles. The summed E-state index contributed by atoms with van der Waals surface area (Å²) in [4.78, 5) is 18.3. The number of hydrogen-bond donors (Lipinski definition) is 0. The van der Waals surface area contributed by atoms with Crippen LogP contribution < -0.4 is 0 Å². The molecule has 0 aromatic carbocycles. The average molecular weight is 264 g/mol. The fraction of sp³-hybridized carbons (Fsp3) is 0.231. The van der Waals surface area contributed by atoms with Crippen molar-refractivity contribution >= 4 is 23.0 Å². The van der Waals surface area contributed by atoms with Crippen LogP contribution >= 0.6 is 11.6 Å². The zero-order chi connectivity index (χ0) is 13.3. The maximum absolute atomic E-state index is 12.1. The van der Waals surface area contributed by atoms with Crippen LogP contribution in [0.15, 0.2) is 30.6 Å². The lowest BCUT2D eigenvalue weighted by atomic mass is 10.2. The number of halogens is 1. The zero-order valence-electron chi connectivity index (χ0n) is 10.5. The Kier molecular flexibility index (Phi) is 3.39. The minimum Gasteiger partial charge on any atom is -0.383 e. The summed E-state index contributed by atoms with van der Waals surface area (Å²) >= 11 is 5.90. The van der Waals surface area contributed by atoms with Gasteiger partial charge < -0.3 is 4.90 Å². The molecule has 0 saturated heterocycles. The molecule has 2 rings (SSSR count). The van der Waals surface area contributed by atoms with E-state index in [0.717, 1.165) is 0 Å². The second-order valence-corrected chi connectivity index (χ2v) is 4.70. The molecular formula is C13H14ClN3O. The van der Waals surface area contributed by atoms with E-state index in [1.54, 1.807) is 28.9 Å². The Morgan fingerprint density at radius 3 is 2.89 bits per heavy atom. The highest BCUT2D eigenvalue weighted by Gasteiger charge is 2.14. The van der Waals surface area contributed by atoms with Gasteiger partial charge in [-0.3, -0.25) is 9.20 Å². The standard InChI is InChI=1S/C13H14ClN3O/c1-9-13(11(18)5-6-16(2)3)17-7-4-10(14)8-12(17)15-9/h4-8H,1-3H3. The maximum Gasteiger partial charge on any atom is 0.205 e. The summed E-state index contributed by atoms with van der Waals surface area (Å²) < 4.78 is 1.75. The molecule has 2 aromatic heterocycles. The maximum atomic E-state index is 12.1. The Balaban J connectivity index is 2.50. The third-order valence-electron chi connectivity index (χ3n) is 2.52. The number of rotatable bonds is 3. The Labute approximate surface area is 110 Å². The lowest BCUT2D eigenvalue weighted by molar-refractivity contribution is 0.104. The second-order valence-electron chi connectivity index (χ2n) is 4.26. The van der Waals surface area contributed by atoms with Gasteiger partial charge in [0, 0.05) is 43.7 Å². The summed E-state index contributed by atoms with van der Waals surface area (Å²) in [6.45, 7) is 1.82. The van der Waals surface area contributed by atoms with Crippen LogP contribution in [0.5, 0.6) is 0 Å². The van der Waals surface area contributed by atoms with E-state index in [-0.39, 0.29) is 5.78 Å². The topological polar surface area (TPSA) is 37.6 Å². The van der Waals surface area contributed by atoms with Gasteiger partial charge in [0.25, 0.3) is 0 Å². The van der Waals surface area contributed by atoms with Crippen LogP contribution in [0.2, 0.25) is 5.02 Å². The summed E-state index contributed by atoms with van der Waals surface area (Å²) in [5.74, 6) is -0.0731. The van der Waals surface area contributed by atoms with E-state index in [1.165, 1.54) is 6.08 Å². The highest BCUT2D eigenvalue weighted by atomic mass is 35.5. The number of carbonyl (C=O) groups excluding carboxylic acids is 1. The number of pyridine rings is 1. The molecule has 18 heavy (non-hydrogen) atoms. The van der Waals surface area contributed by atoms with Gasteiger partial charge in [-0.05, 0) is 13.0 Å². The van der Waals surface area contributed by atoms with Crippen molar-refractivity contribution in [3.8, 4) is 0 Å². The monoisotopic (exact) mass is 263 g/mol.